The summed E-state index contributed by atoms with van der Waals surface area (Å²) in [5, 5.41) is 0. The summed E-state index contributed by atoms with van der Waals surface area (Å²) in [4.78, 5) is -0.796. The second-order valence-corrected chi connectivity index (χ2v) is 4.57. The quantitative estimate of drug-likeness (QED) is 0.794. The molecule has 1 aromatic rings. The molecule has 0 saturated carbocycles. The van der Waals surface area contributed by atoms with E-state index in [9.17, 15) is 21.6 Å². The zero-order chi connectivity index (χ0) is 11.7. The van der Waals surface area contributed by atoms with E-state index in [1.54, 1.807) is 0 Å². The molecule has 0 fully saturated rings. The number of hydrogen-bond donors (Lipinski definition) is 0. The molecular weight excluding hydrogens is 233 g/mol. The maximum Gasteiger partial charge on any atom is 0.501 e. The molecule has 0 saturated heterocycles. The smallest absolute Gasteiger partial charge is 0.497 e. The molecule has 0 unspecified atom stereocenters. The van der Waals surface area contributed by atoms with Gasteiger partial charge in [0.15, 0.2) is 0 Å². The van der Waals surface area contributed by atoms with Crippen molar-refractivity contribution in [1.29, 1.82) is 0 Å². The van der Waals surface area contributed by atoms with E-state index in [-0.39, 0.29) is 5.75 Å². The SMILES string of the molecule is COc1ccc(S(=O)(=O)C(F)(F)F)cc1. The average molecular weight is 240 g/mol. The molecule has 0 N–H and O–H groups in total. The van der Waals surface area contributed by atoms with Crippen molar-refractivity contribution in [3.63, 3.8) is 0 Å². The Hall–Kier alpha value is -1.24. The van der Waals surface area contributed by atoms with E-state index in [2.05, 4.69) is 0 Å². The number of sulfone groups is 1. The second-order valence-electron chi connectivity index (χ2n) is 2.62. The van der Waals surface area contributed by atoms with Gasteiger partial charge in [0.2, 0.25) is 0 Å². The van der Waals surface area contributed by atoms with Crippen molar-refractivity contribution in [1.82, 2.24) is 0 Å². The van der Waals surface area contributed by atoms with Crippen molar-refractivity contribution in [3.8, 4) is 5.75 Å². The fourth-order valence-electron chi connectivity index (χ4n) is 0.889. The lowest BCUT2D eigenvalue weighted by Crippen LogP contribution is -2.23. The van der Waals surface area contributed by atoms with Crippen LogP contribution in [0.3, 0.4) is 0 Å². The first-order valence-electron chi connectivity index (χ1n) is 3.74. The molecule has 0 aliphatic rings. The number of halogens is 3. The predicted molar refractivity (Wildman–Crippen MR) is 46.2 cm³/mol. The van der Waals surface area contributed by atoms with Crippen molar-refractivity contribution in [3.05, 3.63) is 24.3 Å². The van der Waals surface area contributed by atoms with Crippen LogP contribution in [0.15, 0.2) is 29.2 Å². The standard InChI is InChI=1S/C8H7F3O3S/c1-14-6-2-4-7(5-3-6)15(12,13)8(9,10)11/h2-5H,1H3. The molecule has 15 heavy (non-hydrogen) atoms. The van der Waals surface area contributed by atoms with Crippen LogP contribution in [0.2, 0.25) is 0 Å². The summed E-state index contributed by atoms with van der Waals surface area (Å²) in [6.07, 6.45) is 0. The van der Waals surface area contributed by atoms with Crippen LogP contribution in [0.25, 0.3) is 0 Å². The summed E-state index contributed by atoms with van der Waals surface area (Å²) in [6.45, 7) is 0. The van der Waals surface area contributed by atoms with Gasteiger partial charge in [0.1, 0.15) is 5.75 Å². The Labute approximate surface area is 84.4 Å². The van der Waals surface area contributed by atoms with Crippen molar-refractivity contribution >= 4 is 9.84 Å². The third kappa shape index (κ3) is 2.23. The van der Waals surface area contributed by atoms with E-state index in [0.717, 1.165) is 24.3 Å². The summed E-state index contributed by atoms with van der Waals surface area (Å²) in [7, 11) is -3.93. The molecule has 3 nitrogen and oxygen atoms in total. The highest BCUT2D eigenvalue weighted by molar-refractivity contribution is 7.92. The first kappa shape index (κ1) is 11.8. The van der Waals surface area contributed by atoms with Crippen molar-refractivity contribution in [2.24, 2.45) is 0 Å². The van der Waals surface area contributed by atoms with Crippen LogP contribution in [-0.2, 0) is 9.84 Å². The minimum absolute atomic E-state index is 0.288. The number of ether oxygens (including phenoxy) is 1. The minimum Gasteiger partial charge on any atom is -0.497 e. The zero-order valence-corrected chi connectivity index (χ0v) is 8.39. The van der Waals surface area contributed by atoms with E-state index in [4.69, 9.17) is 4.74 Å². The van der Waals surface area contributed by atoms with Crippen LogP contribution in [-0.4, -0.2) is 21.0 Å². The van der Waals surface area contributed by atoms with Crippen LogP contribution < -0.4 is 4.74 Å². The van der Waals surface area contributed by atoms with Crippen molar-refractivity contribution < 1.29 is 26.3 Å². The third-order valence-electron chi connectivity index (χ3n) is 1.67. The average Bonchev–Trinajstić information content (AvgIpc) is 2.16. The molecule has 0 radical (unpaired) electrons. The predicted octanol–water partition coefficient (Wildman–Crippen LogP) is 1.99. The maximum absolute atomic E-state index is 12.1. The van der Waals surface area contributed by atoms with Gasteiger partial charge in [-0.25, -0.2) is 8.42 Å². The molecule has 0 amide bonds. The lowest BCUT2D eigenvalue weighted by Gasteiger charge is -2.08. The summed E-state index contributed by atoms with van der Waals surface area (Å²) >= 11 is 0. The monoisotopic (exact) mass is 240 g/mol. The van der Waals surface area contributed by atoms with Gasteiger partial charge in [-0.15, -0.1) is 0 Å². The van der Waals surface area contributed by atoms with Gasteiger partial charge in [0.05, 0.1) is 12.0 Å². The topological polar surface area (TPSA) is 43.4 Å². The summed E-state index contributed by atoms with van der Waals surface area (Å²) in [6, 6.07) is 4.00. The van der Waals surface area contributed by atoms with Gasteiger partial charge < -0.3 is 4.74 Å². The first-order chi connectivity index (χ1) is 6.79. The van der Waals surface area contributed by atoms with Gasteiger partial charge in [0, 0.05) is 0 Å². The third-order valence-corrected chi connectivity index (χ3v) is 3.18. The maximum atomic E-state index is 12.1. The Morgan fingerprint density at radius 2 is 1.60 bits per heavy atom. The van der Waals surface area contributed by atoms with Crippen molar-refractivity contribution in [2.75, 3.05) is 7.11 Å². The molecule has 0 bridgehead atoms. The Morgan fingerprint density at radius 1 is 1.13 bits per heavy atom. The molecule has 1 aromatic carbocycles. The van der Waals surface area contributed by atoms with E-state index in [1.165, 1.54) is 7.11 Å². The van der Waals surface area contributed by atoms with Crippen LogP contribution in [0.4, 0.5) is 13.2 Å². The van der Waals surface area contributed by atoms with Gasteiger partial charge in [0.25, 0.3) is 9.84 Å². The van der Waals surface area contributed by atoms with E-state index in [1.807, 2.05) is 0 Å². The van der Waals surface area contributed by atoms with Gasteiger partial charge in [-0.1, -0.05) is 0 Å². The summed E-state index contributed by atoms with van der Waals surface area (Å²) in [5.74, 6) is 0.288. The Balaban J connectivity index is 3.18. The molecule has 0 atom stereocenters. The van der Waals surface area contributed by atoms with Crippen LogP contribution >= 0.6 is 0 Å². The highest BCUT2D eigenvalue weighted by Crippen LogP contribution is 2.30. The normalized spacial score (nSPS) is 12.5. The van der Waals surface area contributed by atoms with Crippen LogP contribution in [0.5, 0.6) is 5.75 Å². The van der Waals surface area contributed by atoms with Crippen LogP contribution in [0, 0.1) is 0 Å². The molecule has 1 rings (SSSR count). The fourth-order valence-corrected chi connectivity index (χ4v) is 1.65. The molecule has 0 aliphatic heterocycles. The van der Waals surface area contributed by atoms with Crippen LogP contribution in [0.1, 0.15) is 0 Å². The van der Waals surface area contributed by atoms with Gasteiger partial charge in [-0.05, 0) is 24.3 Å². The first-order valence-corrected chi connectivity index (χ1v) is 5.23. The van der Waals surface area contributed by atoms with E-state index in [0.29, 0.717) is 0 Å². The van der Waals surface area contributed by atoms with Gasteiger partial charge in [-0.2, -0.15) is 13.2 Å². The Morgan fingerprint density at radius 3 is 1.93 bits per heavy atom. The zero-order valence-electron chi connectivity index (χ0n) is 7.58. The number of methoxy groups -OCH3 is 1. The number of benzene rings is 1. The molecular formula is C8H7F3O3S. The lowest BCUT2D eigenvalue weighted by atomic mass is 10.3. The minimum atomic E-state index is -5.28. The molecule has 0 aromatic heterocycles. The number of alkyl halides is 3. The summed E-state index contributed by atoms with van der Waals surface area (Å²) < 4.78 is 62.7. The fraction of sp³-hybridized carbons (Fsp3) is 0.250. The van der Waals surface area contributed by atoms with Gasteiger partial charge >= 0.3 is 5.51 Å². The number of rotatable bonds is 2. The Bertz CT molecular complexity index is 433. The second kappa shape index (κ2) is 3.73. The molecule has 84 valence electrons. The van der Waals surface area contributed by atoms with Crippen molar-refractivity contribution in [2.45, 2.75) is 10.4 Å². The van der Waals surface area contributed by atoms with Gasteiger partial charge in [-0.3, -0.25) is 0 Å². The molecule has 0 spiro atoms. The van der Waals surface area contributed by atoms with E-state index < -0.39 is 20.2 Å². The highest BCUT2D eigenvalue weighted by atomic mass is 32.2. The number of hydrogen-bond acceptors (Lipinski definition) is 3. The Kier molecular flexibility index (Phi) is 2.94. The highest BCUT2D eigenvalue weighted by Gasteiger charge is 2.46. The molecule has 0 heterocycles. The summed E-state index contributed by atoms with van der Waals surface area (Å²) in [5.41, 5.74) is -5.28. The lowest BCUT2D eigenvalue weighted by molar-refractivity contribution is -0.0436. The molecule has 0 aliphatic carbocycles. The van der Waals surface area contributed by atoms with E-state index >= 15 is 0 Å². The largest absolute Gasteiger partial charge is 0.501 e. The molecule has 7 heteroatoms.